The third-order valence-electron chi connectivity index (χ3n) is 3.19. The van der Waals surface area contributed by atoms with Crippen LogP contribution in [0.1, 0.15) is 20.8 Å². The van der Waals surface area contributed by atoms with E-state index in [1.54, 1.807) is 20.5 Å². The summed E-state index contributed by atoms with van der Waals surface area (Å²) in [6, 6.07) is 5.60. The van der Waals surface area contributed by atoms with Crippen LogP contribution >= 0.6 is 0 Å². The Kier molecular flexibility index (Phi) is 3.61. The van der Waals surface area contributed by atoms with E-state index in [1.807, 2.05) is 22.8 Å². The topological polar surface area (TPSA) is 62.3 Å². The maximum Gasteiger partial charge on any atom is 0.132 e. The lowest BCUT2D eigenvalue weighted by Crippen LogP contribution is -2.22. The van der Waals surface area contributed by atoms with Crippen molar-refractivity contribution in [3.8, 4) is 22.8 Å². The van der Waals surface area contributed by atoms with Crippen LogP contribution in [-0.4, -0.2) is 23.8 Å². The summed E-state index contributed by atoms with van der Waals surface area (Å²) >= 11 is 0. The highest BCUT2D eigenvalue weighted by Crippen LogP contribution is 2.36. The predicted molar refractivity (Wildman–Crippen MR) is 80.2 cm³/mol. The molecule has 0 amide bonds. The zero-order valence-corrected chi connectivity index (χ0v) is 12.6. The van der Waals surface area contributed by atoms with Gasteiger partial charge in [0, 0.05) is 17.2 Å². The Balaban J connectivity index is 2.55. The van der Waals surface area contributed by atoms with Gasteiger partial charge in [-0.2, -0.15) is 0 Å². The molecule has 2 aromatic rings. The van der Waals surface area contributed by atoms with E-state index in [9.17, 15) is 0 Å². The quantitative estimate of drug-likeness (QED) is 0.935. The van der Waals surface area contributed by atoms with Crippen LogP contribution in [0.15, 0.2) is 24.5 Å². The molecule has 5 nitrogen and oxygen atoms in total. The van der Waals surface area contributed by atoms with Gasteiger partial charge in [0.25, 0.3) is 0 Å². The Morgan fingerprint density at radius 3 is 2.35 bits per heavy atom. The summed E-state index contributed by atoms with van der Waals surface area (Å²) in [4.78, 5) is 4.43. The Hall–Kier alpha value is -2.17. The molecule has 1 heterocycles. The van der Waals surface area contributed by atoms with Gasteiger partial charge in [-0.25, -0.2) is 4.98 Å². The van der Waals surface area contributed by atoms with Gasteiger partial charge in [-0.3, -0.25) is 0 Å². The second-order valence-electron chi connectivity index (χ2n) is 5.59. The molecule has 0 spiro atoms. The summed E-state index contributed by atoms with van der Waals surface area (Å²) < 4.78 is 12.6. The van der Waals surface area contributed by atoms with Crippen molar-refractivity contribution in [1.82, 2.24) is 9.55 Å². The molecule has 0 aliphatic carbocycles. The molecule has 0 aliphatic heterocycles. The Bertz CT molecular complexity index is 612. The van der Waals surface area contributed by atoms with Crippen molar-refractivity contribution in [2.24, 2.45) is 0 Å². The number of nitrogen functional groups attached to an aromatic ring is 1. The molecule has 0 bridgehead atoms. The van der Waals surface area contributed by atoms with Crippen LogP contribution in [0.3, 0.4) is 0 Å². The molecule has 0 atom stereocenters. The molecule has 1 aromatic carbocycles. The fraction of sp³-hybridized carbons (Fsp3) is 0.400. The SMILES string of the molecule is COc1ccc(-c2ncn(C(C)(C)C)c2N)c(OC)c1. The van der Waals surface area contributed by atoms with Gasteiger partial charge in [0.05, 0.1) is 20.5 Å². The minimum atomic E-state index is -0.116. The number of methoxy groups -OCH3 is 2. The number of ether oxygens (including phenoxy) is 2. The molecule has 20 heavy (non-hydrogen) atoms. The predicted octanol–water partition coefficient (Wildman–Crippen LogP) is 2.90. The summed E-state index contributed by atoms with van der Waals surface area (Å²) in [5.41, 5.74) is 7.69. The molecule has 1 aromatic heterocycles. The van der Waals surface area contributed by atoms with E-state index in [1.165, 1.54) is 0 Å². The minimum Gasteiger partial charge on any atom is -0.497 e. The molecule has 0 unspecified atom stereocenters. The van der Waals surface area contributed by atoms with E-state index in [-0.39, 0.29) is 5.54 Å². The second kappa shape index (κ2) is 5.07. The Morgan fingerprint density at radius 2 is 1.85 bits per heavy atom. The van der Waals surface area contributed by atoms with E-state index in [0.29, 0.717) is 11.6 Å². The molecule has 0 saturated heterocycles. The number of aromatic nitrogens is 2. The fourth-order valence-corrected chi connectivity index (χ4v) is 2.09. The van der Waals surface area contributed by atoms with Crippen molar-refractivity contribution in [3.05, 3.63) is 24.5 Å². The van der Waals surface area contributed by atoms with Crippen LogP contribution in [0.25, 0.3) is 11.3 Å². The monoisotopic (exact) mass is 275 g/mol. The van der Waals surface area contributed by atoms with Crippen LogP contribution < -0.4 is 15.2 Å². The van der Waals surface area contributed by atoms with E-state index < -0.39 is 0 Å². The van der Waals surface area contributed by atoms with Crippen molar-refractivity contribution in [3.63, 3.8) is 0 Å². The third kappa shape index (κ3) is 2.43. The zero-order valence-electron chi connectivity index (χ0n) is 12.6. The van der Waals surface area contributed by atoms with Gasteiger partial charge in [0.2, 0.25) is 0 Å². The van der Waals surface area contributed by atoms with Gasteiger partial charge in [0.1, 0.15) is 23.0 Å². The maximum absolute atomic E-state index is 6.23. The first kappa shape index (κ1) is 14.2. The van der Waals surface area contributed by atoms with E-state index >= 15 is 0 Å². The number of hydrogen-bond donors (Lipinski definition) is 1. The summed E-state index contributed by atoms with van der Waals surface area (Å²) in [7, 11) is 3.24. The number of hydrogen-bond acceptors (Lipinski definition) is 4. The summed E-state index contributed by atoms with van der Waals surface area (Å²) in [6.07, 6.45) is 1.76. The normalized spacial score (nSPS) is 11.4. The molecule has 0 aliphatic rings. The standard InChI is InChI=1S/C15H21N3O2/c1-15(2,3)18-9-17-13(14(18)16)11-7-6-10(19-4)8-12(11)20-5/h6-9H,16H2,1-5H3. The molecule has 2 N–H and O–H groups in total. The third-order valence-corrected chi connectivity index (χ3v) is 3.19. The highest BCUT2D eigenvalue weighted by Gasteiger charge is 2.21. The van der Waals surface area contributed by atoms with Gasteiger partial charge >= 0.3 is 0 Å². The van der Waals surface area contributed by atoms with Crippen LogP contribution in [0.5, 0.6) is 11.5 Å². The van der Waals surface area contributed by atoms with Gasteiger partial charge in [0.15, 0.2) is 0 Å². The second-order valence-corrected chi connectivity index (χ2v) is 5.59. The summed E-state index contributed by atoms with van der Waals surface area (Å²) in [6.45, 7) is 6.25. The first-order valence-electron chi connectivity index (χ1n) is 6.44. The number of nitrogens with zero attached hydrogens (tertiary/aromatic N) is 2. The van der Waals surface area contributed by atoms with Crippen molar-refractivity contribution >= 4 is 5.82 Å². The van der Waals surface area contributed by atoms with Crippen LogP contribution in [-0.2, 0) is 5.54 Å². The van der Waals surface area contributed by atoms with Crippen molar-refractivity contribution in [2.45, 2.75) is 26.3 Å². The van der Waals surface area contributed by atoms with E-state index in [2.05, 4.69) is 25.8 Å². The first-order valence-corrected chi connectivity index (χ1v) is 6.44. The lowest BCUT2D eigenvalue weighted by atomic mass is 10.1. The van der Waals surface area contributed by atoms with Crippen molar-refractivity contribution in [2.75, 3.05) is 20.0 Å². The average molecular weight is 275 g/mol. The average Bonchev–Trinajstić information content (AvgIpc) is 2.79. The van der Waals surface area contributed by atoms with Crippen LogP contribution in [0.4, 0.5) is 5.82 Å². The van der Waals surface area contributed by atoms with Crippen LogP contribution in [0.2, 0.25) is 0 Å². The maximum atomic E-state index is 6.23. The van der Waals surface area contributed by atoms with Crippen molar-refractivity contribution in [1.29, 1.82) is 0 Å². The van der Waals surface area contributed by atoms with Crippen LogP contribution in [0, 0.1) is 0 Å². The van der Waals surface area contributed by atoms with Gasteiger partial charge in [-0.15, -0.1) is 0 Å². The van der Waals surface area contributed by atoms with Gasteiger partial charge < -0.3 is 19.8 Å². The Labute approximate surface area is 119 Å². The fourth-order valence-electron chi connectivity index (χ4n) is 2.09. The number of anilines is 1. The highest BCUT2D eigenvalue weighted by molar-refractivity contribution is 5.76. The van der Waals surface area contributed by atoms with E-state index in [4.69, 9.17) is 15.2 Å². The van der Waals surface area contributed by atoms with E-state index in [0.717, 1.165) is 17.0 Å². The smallest absolute Gasteiger partial charge is 0.132 e. The number of benzene rings is 1. The first-order chi connectivity index (χ1) is 9.38. The molecule has 108 valence electrons. The minimum absolute atomic E-state index is 0.116. The molecule has 0 fully saturated rings. The molecule has 5 heteroatoms. The lowest BCUT2D eigenvalue weighted by Gasteiger charge is -2.22. The number of rotatable bonds is 3. The Morgan fingerprint density at radius 1 is 1.15 bits per heavy atom. The largest absolute Gasteiger partial charge is 0.497 e. The summed E-state index contributed by atoms with van der Waals surface area (Å²) in [5.74, 6) is 2.05. The highest BCUT2D eigenvalue weighted by atomic mass is 16.5. The molecular formula is C15H21N3O2. The number of nitrogens with two attached hydrogens (primary N) is 1. The molecular weight excluding hydrogens is 254 g/mol. The van der Waals surface area contributed by atoms with Crippen molar-refractivity contribution < 1.29 is 9.47 Å². The van der Waals surface area contributed by atoms with Gasteiger partial charge in [-0.05, 0) is 32.9 Å². The lowest BCUT2D eigenvalue weighted by molar-refractivity contribution is 0.395. The van der Waals surface area contributed by atoms with Gasteiger partial charge in [-0.1, -0.05) is 0 Å². The molecule has 0 radical (unpaired) electrons. The molecule has 0 saturated carbocycles. The zero-order chi connectivity index (χ0) is 14.9. The summed E-state index contributed by atoms with van der Waals surface area (Å²) in [5, 5.41) is 0. The molecule has 2 rings (SSSR count). The number of imidazole rings is 1.